The third-order valence-electron chi connectivity index (χ3n) is 2.54. The Bertz CT molecular complexity index is 107. The van der Waals surface area contributed by atoms with Crippen LogP contribution in [0.4, 0.5) is 0 Å². The molecule has 0 bridgehead atoms. The van der Waals surface area contributed by atoms with Crippen molar-refractivity contribution in [3.63, 3.8) is 0 Å². The minimum absolute atomic E-state index is 0.122. The van der Waals surface area contributed by atoms with E-state index in [4.69, 9.17) is 9.47 Å². The SMILES string of the molecule is C1COC2(CCOCC2)CN1. The maximum atomic E-state index is 5.76. The van der Waals surface area contributed by atoms with Crippen molar-refractivity contribution in [2.45, 2.75) is 18.4 Å². The Morgan fingerprint density at radius 2 is 1.91 bits per heavy atom. The Labute approximate surface area is 67.1 Å². The summed E-state index contributed by atoms with van der Waals surface area (Å²) in [7, 11) is 0. The van der Waals surface area contributed by atoms with Crippen molar-refractivity contribution in [3.8, 4) is 0 Å². The first-order valence-corrected chi connectivity index (χ1v) is 4.34. The lowest BCUT2D eigenvalue weighted by molar-refractivity contribution is -0.123. The molecule has 2 fully saturated rings. The summed E-state index contributed by atoms with van der Waals surface area (Å²) in [6.45, 7) is 4.60. The van der Waals surface area contributed by atoms with E-state index >= 15 is 0 Å². The van der Waals surface area contributed by atoms with Crippen LogP contribution in [-0.2, 0) is 9.47 Å². The molecule has 1 spiro atoms. The second kappa shape index (κ2) is 3.09. The van der Waals surface area contributed by atoms with Crippen molar-refractivity contribution in [1.82, 2.24) is 5.32 Å². The van der Waals surface area contributed by atoms with Gasteiger partial charge >= 0.3 is 0 Å². The van der Waals surface area contributed by atoms with E-state index in [1.807, 2.05) is 0 Å². The minimum atomic E-state index is 0.122. The molecule has 0 aromatic heterocycles. The van der Waals surface area contributed by atoms with Crippen LogP contribution in [0.25, 0.3) is 0 Å². The summed E-state index contributed by atoms with van der Waals surface area (Å²) >= 11 is 0. The molecule has 2 heterocycles. The fraction of sp³-hybridized carbons (Fsp3) is 1.00. The zero-order chi connectivity index (χ0) is 7.57. The zero-order valence-corrected chi connectivity index (χ0v) is 6.77. The molecular weight excluding hydrogens is 142 g/mol. The highest BCUT2D eigenvalue weighted by molar-refractivity contribution is 4.88. The van der Waals surface area contributed by atoms with Gasteiger partial charge in [-0.2, -0.15) is 0 Å². The van der Waals surface area contributed by atoms with E-state index in [1.54, 1.807) is 0 Å². The highest BCUT2D eigenvalue weighted by Gasteiger charge is 2.34. The number of hydrogen-bond donors (Lipinski definition) is 1. The molecule has 0 atom stereocenters. The fourth-order valence-corrected chi connectivity index (χ4v) is 1.77. The highest BCUT2D eigenvalue weighted by Crippen LogP contribution is 2.25. The number of nitrogens with one attached hydrogen (secondary N) is 1. The van der Waals surface area contributed by atoms with Crippen LogP contribution in [0.5, 0.6) is 0 Å². The quantitative estimate of drug-likeness (QED) is 0.543. The molecule has 0 radical (unpaired) electrons. The van der Waals surface area contributed by atoms with Gasteiger partial charge in [-0.15, -0.1) is 0 Å². The first kappa shape index (κ1) is 7.53. The summed E-state index contributed by atoms with van der Waals surface area (Å²) in [6.07, 6.45) is 2.11. The molecule has 0 aliphatic carbocycles. The Hall–Kier alpha value is -0.120. The standard InChI is InChI=1S/C8H15NO2/c1-4-10-5-2-8(1)7-9-3-6-11-8/h9H,1-7H2. The van der Waals surface area contributed by atoms with E-state index in [1.165, 1.54) is 0 Å². The molecule has 2 saturated heterocycles. The van der Waals surface area contributed by atoms with E-state index < -0.39 is 0 Å². The van der Waals surface area contributed by atoms with E-state index in [9.17, 15) is 0 Å². The average molecular weight is 157 g/mol. The van der Waals surface area contributed by atoms with Crippen LogP contribution in [0, 0.1) is 0 Å². The predicted octanol–water partition coefficient (Wildman–Crippen LogP) is 0.155. The van der Waals surface area contributed by atoms with Gasteiger partial charge in [-0.25, -0.2) is 0 Å². The van der Waals surface area contributed by atoms with E-state index in [0.717, 1.165) is 45.8 Å². The fourth-order valence-electron chi connectivity index (χ4n) is 1.77. The summed E-state index contributed by atoms with van der Waals surface area (Å²) in [5.41, 5.74) is 0.122. The lowest BCUT2D eigenvalue weighted by atomic mass is 9.93. The lowest BCUT2D eigenvalue weighted by Gasteiger charge is -2.40. The smallest absolute Gasteiger partial charge is 0.0850 e. The summed E-state index contributed by atoms with van der Waals surface area (Å²) in [6, 6.07) is 0. The molecule has 0 unspecified atom stereocenters. The van der Waals surface area contributed by atoms with Crippen molar-refractivity contribution in [2.75, 3.05) is 32.9 Å². The molecule has 64 valence electrons. The number of hydrogen-bond acceptors (Lipinski definition) is 3. The molecule has 0 aromatic carbocycles. The third kappa shape index (κ3) is 1.55. The molecule has 0 saturated carbocycles. The molecule has 2 rings (SSSR count). The normalized spacial score (nSPS) is 30.5. The minimum Gasteiger partial charge on any atom is -0.381 e. The zero-order valence-electron chi connectivity index (χ0n) is 6.77. The van der Waals surface area contributed by atoms with Gasteiger partial charge in [0.15, 0.2) is 0 Å². The predicted molar refractivity (Wildman–Crippen MR) is 41.6 cm³/mol. The van der Waals surface area contributed by atoms with Gasteiger partial charge in [-0.3, -0.25) is 0 Å². The van der Waals surface area contributed by atoms with Gasteiger partial charge in [-0.1, -0.05) is 0 Å². The van der Waals surface area contributed by atoms with Crippen molar-refractivity contribution in [1.29, 1.82) is 0 Å². The van der Waals surface area contributed by atoms with E-state index in [2.05, 4.69) is 5.32 Å². The van der Waals surface area contributed by atoms with Crippen molar-refractivity contribution < 1.29 is 9.47 Å². The van der Waals surface area contributed by atoms with Crippen molar-refractivity contribution in [2.24, 2.45) is 0 Å². The molecule has 3 heteroatoms. The Kier molecular flexibility index (Phi) is 2.11. The Balaban J connectivity index is 1.94. The number of ether oxygens (including phenoxy) is 2. The molecule has 2 aliphatic rings. The van der Waals surface area contributed by atoms with Crippen LogP contribution in [0.15, 0.2) is 0 Å². The number of rotatable bonds is 0. The van der Waals surface area contributed by atoms with Gasteiger partial charge in [0.1, 0.15) is 0 Å². The highest BCUT2D eigenvalue weighted by atomic mass is 16.5. The van der Waals surface area contributed by atoms with Gasteiger partial charge < -0.3 is 14.8 Å². The molecular formula is C8H15NO2. The summed E-state index contributed by atoms with van der Waals surface area (Å²) in [5, 5.41) is 3.36. The maximum absolute atomic E-state index is 5.76. The van der Waals surface area contributed by atoms with Crippen LogP contribution in [0.2, 0.25) is 0 Å². The van der Waals surface area contributed by atoms with Crippen molar-refractivity contribution in [3.05, 3.63) is 0 Å². The molecule has 1 N–H and O–H groups in total. The van der Waals surface area contributed by atoms with Gasteiger partial charge in [-0.05, 0) is 0 Å². The average Bonchev–Trinajstić information content (AvgIpc) is 2.07. The topological polar surface area (TPSA) is 30.5 Å². The molecule has 3 nitrogen and oxygen atoms in total. The van der Waals surface area contributed by atoms with Gasteiger partial charge in [0.25, 0.3) is 0 Å². The van der Waals surface area contributed by atoms with Gasteiger partial charge in [0.2, 0.25) is 0 Å². The maximum Gasteiger partial charge on any atom is 0.0850 e. The third-order valence-corrected chi connectivity index (χ3v) is 2.54. The summed E-state index contributed by atoms with van der Waals surface area (Å²) in [4.78, 5) is 0. The van der Waals surface area contributed by atoms with E-state index in [-0.39, 0.29) is 5.60 Å². The second-order valence-electron chi connectivity index (χ2n) is 3.32. The van der Waals surface area contributed by atoms with Crippen LogP contribution in [-0.4, -0.2) is 38.5 Å². The largest absolute Gasteiger partial charge is 0.381 e. The van der Waals surface area contributed by atoms with Crippen LogP contribution in [0.3, 0.4) is 0 Å². The van der Waals surface area contributed by atoms with Gasteiger partial charge in [0, 0.05) is 39.1 Å². The lowest BCUT2D eigenvalue weighted by Crippen LogP contribution is -2.52. The molecule has 11 heavy (non-hydrogen) atoms. The summed E-state index contributed by atoms with van der Waals surface area (Å²) in [5.74, 6) is 0. The molecule has 2 aliphatic heterocycles. The number of morpholine rings is 1. The monoisotopic (exact) mass is 157 g/mol. The van der Waals surface area contributed by atoms with E-state index in [0.29, 0.717) is 0 Å². The Morgan fingerprint density at radius 1 is 1.09 bits per heavy atom. The van der Waals surface area contributed by atoms with Gasteiger partial charge in [0.05, 0.1) is 12.2 Å². The molecule has 0 amide bonds. The van der Waals surface area contributed by atoms with Crippen molar-refractivity contribution >= 4 is 0 Å². The van der Waals surface area contributed by atoms with Crippen LogP contribution >= 0.6 is 0 Å². The first-order valence-electron chi connectivity index (χ1n) is 4.34. The second-order valence-corrected chi connectivity index (χ2v) is 3.32. The molecule has 0 aromatic rings. The van der Waals surface area contributed by atoms with Crippen LogP contribution in [0.1, 0.15) is 12.8 Å². The van der Waals surface area contributed by atoms with Crippen LogP contribution < -0.4 is 5.32 Å². The first-order chi connectivity index (χ1) is 5.41. The summed E-state index contributed by atoms with van der Waals surface area (Å²) < 4.78 is 11.1. The Morgan fingerprint density at radius 3 is 2.55 bits per heavy atom.